The molecule has 1 aromatic carbocycles. The number of ether oxygens (including phenoxy) is 1. The molecule has 0 unspecified atom stereocenters. The van der Waals surface area contributed by atoms with Gasteiger partial charge in [-0.1, -0.05) is 6.07 Å². The molecular formula is C12H17NO3. The molecule has 2 rings (SSSR count). The maximum absolute atomic E-state index is 11.2. The number of cyclic esters (lactones) is 1. The highest BCUT2D eigenvalue weighted by Gasteiger charge is 2.21. The second-order valence-electron chi connectivity index (χ2n) is 3.63. The van der Waals surface area contributed by atoms with Crippen LogP contribution in [0.15, 0.2) is 18.2 Å². The fourth-order valence-corrected chi connectivity index (χ4v) is 1.38. The molecule has 1 heterocycles. The van der Waals surface area contributed by atoms with Crippen molar-refractivity contribution in [2.45, 2.75) is 13.5 Å². The van der Waals surface area contributed by atoms with E-state index in [2.05, 4.69) is 0 Å². The molecule has 1 aromatic rings. The maximum Gasteiger partial charge on any atom is 0.338 e. The lowest BCUT2D eigenvalue weighted by atomic mass is 10.1. The molecule has 0 saturated carbocycles. The average molecular weight is 223 g/mol. The summed E-state index contributed by atoms with van der Waals surface area (Å²) in [4.78, 5) is 13.2. The molecule has 0 radical (unpaired) electrons. The Bertz CT molecular complexity index is 375. The van der Waals surface area contributed by atoms with Gasteiger partial charge in [-0.25, -0.2) is 4.79 Å². The molecule has 0 bridgehead atoms. The first-order chi connectivity index (χ1) is 7.60. The van der Waals surface area contributed by atoms with E-state index in [1.54, 1.807) is 6.92 Å². The minimum Gasteiger partial charge on any atom is -0.457 e. The maximum atomic E-state index is 11.2. The number of benzene rings is 1. The molecule has 0 aromatic heterocycles. The number of rotatable bonds is 1. The highest BCUT2D eigenvalue weighted by molar-refractivity contribution is 5.94. The van der Waals surface area contributed by atoms with E-state index in [-0.39, 0.29) is 12.6 Å². The van der Waals surface area contributed by atoms with E-state index in [9.17, 15) is 4.79 Å². The van der Waals surface area contributed by atoms with Crippen LogP contribution in [0.4, 0.5) is 5.69 Å². The van der Waals surface area contributed by atoms with Gasteiger partial charge in [-0.15, -0.1) is 0 Å². The molecule has 0 spiro atoms. The zero-order valence-corrected chi connectivity index (χ0v) is 9.86. The van der Waals surface area contributed by atoms with Crippen molar-refractivity contribution in [3.8, 4) is 0 Å². The highest BCUT2D eigenvalue weighted by Crippen LogP contribution is 2.24. The van der Waals surface area contributed by atoms with Crippen LogP contribution in [-0.2, 0) is 11.3 Å². The summed E-state index contributed by atoms with van der Waals surface area (Å²) >= 11 is 0. The number of nitrogens with zero attached hydrogens (tertiary/aromatic N) is 1. The standard InChI is InChI=1S/C10H11NO2.C2H6O/c1-11(2)8-4-3-7-6-13-10(12)9(7)5-8;1-2-3/h3-5H,6H2,1-2H3;3H,2H2,1H3. The second-order valence-corrected chi connectivity index (χ2v) is 3.63. The zero-order chi connectivity index (χ0) is 12.1. The zero-order valence-electron chi connectivity index (χ0n) is 9.86. The van der Waals surface area contributed by atoms with Gasteiger partial charge in [0.25, 0.3) is 0 Å². The van der Waals surface area contributed by atoms with Gasteiger partial charge in [-0.05, 0) is 19.1 Å². The Labute approximate surface area is 95.5 Å². The van der Waals surface area contributed by atoms with Gasteiger partial charge in [0.1, 0.15) is 6.61 Å². The largest absolute Gasteiger partial charge is 0.457 e. The summed E-state index contributed by atoms with van der Waals surface area (Å²) in [7, 11) is 3.89. The van der Waals surface area contributed by atoms with Crippen LogP contribution in [0.25, 0.3) is 0 Å². The Hall–Kier alpha value is -1.55. The summed E-state index contributed by atoms with van der Waals surface area (Å²) < 4.78 is 4.90. The van der Waals surface area contributed by atoms with Crippen molar-refractivity contribution in [3.05, 3.63) is 29.3 Å². The van der Waals surface area contributed by atoms with Crippen LogP contribution in [0, 0.1) is 0 Å². The van der Waals surface area contributed by atoms with Crippen LogP contribution in [0.2, 0.25) is 0 Å². The monoisotopic (exact) mass is 223 g/mol. The summed E-state index contributed by atoms with van der Waals surface area (Å²) in [6.45, 7) is 2.35. The number of anilines is 1. The van der Waals surface area contributed by atoms with E-state index < -0.39 is 0 Å². The van der Waals surface area contributed by atoms with E-state index in [0.717, 1.165) is 11.3 Å². The third-order valence-electron chi connectivity index (χ3n) is 2.19. The van der Waals surface area contributed by atoms with E-state index in [1.807, 2.05) is 37.2 Å². The lowest BCUT2D eigenvalue weighted by molar-refractivity contribution is 0.0535. The average Bonchev–Trinajstić information content (AvgIpc) is 2.61. The summed E-state index contributed by atoms with van der Waals surface area (Å²) in [6.07, 6.45) is 0. The summed E-state index contributed by atoms with van der Waals surface area (Å²) in [5.41, 5.74) is 2.71. The number of hydrogen-bond donors (Lipinski definition) is 1. The van der Waals surface area contributed by atoms with E-state index in [4.69, 9.17) is 9.84 Å². The van der Waals surface area contributed by atoms with Crippen molar-refractivity contribution in [1.82, 2.24) is 0 Å². The van der Waals surface area contributed by atoms with Crippen LogP contribution in [0.5, 0.6) is 0 Å². The number of fused-ring (bicyclic) bond motifs is 1. The third-order valence-corrected chi connectivity index (χ3v) is 2.19. The first-order valence-corrected chi connectivity index (χ1v) is 5.18. The Morgan fingerprint density at radius 2 is 2.06 bits per heavy atom. The third kappa shape index (κ3) is 2.73. The molecule has 1 aliphatic rings. The SMILES string of the molecule is CCO.CN(C)c1ccc2c(c1)C(=O)OC2. The van der Waals surface area contributed by atoms with Crippen LogP contribution in [0.3, 0.4) is 0 Å². The molecule has 0 aliphatic carbocycles. The van der Waals surface area contributed by atoms with Gasteiger partial charge >= 0.3 is 5.97 Å². The van der Waals surface area contributed by atoms with Gasteiger partial charge in [0.05, 0.1) is 5.56 Å². The minimum absolute atomic E-state index is 0.210. The van der Waals surface area contributed by atoms with E-state index in [1.165, 1.54) is 0 Å². The minimum atomic E-state index is -0.210. The molecule has 0 saturated heterocycles. The molecule has 1 aliphatic heterocycles. The number of hydrogen-bond acceptors (Lipinski definition) is 4. The van der Waals surface area contributed by atoms with Crippen molar-refractivity contribution < 1.29 is 14.6 Å². The van der Waals surface area contributed by atoms with Gasteiger partial charge in [0.15, 0.2) is 0 Å². The molecule has 1 N–H and O–H groups in total. The number of carbonyl (C=O) groups excluding carboxylic acids is 1. The van der Waals surface area contributed by atoms with Crippen LogP contribution < -0.4 is 4.90 Å². The van der Waals surface area contributed by atoms with Gasteiger partial charge in [-0.3, -0.25) is 0 Å². The van der Waals surface area contributed by atoms with Crippen LogP contribution >= 0.6 is 0 Å². The number of esters is 1. The fourth-order valence-electron chi connectivity index (χ4n) is 1.38. The van der Waals surface area contributed by atoms with Crippen LogP contribution in [0.1, 0.15) is 22.8 Å². The van der Waals surface area contributed by atoms with E-state index >= 15 is 0 Å². The lowest BCUT2D eigenvalue weighted by Gasteiger charge is -2.12. The molecular weight excluding hydrogens is 206 g/mol. The van der Waals surface area contributed by atoms with Gasteiger partial charge in [0.2, 0.25) is 0 Å². The molecule has 4 nitrogen and oxygen atoms in total. The Morgan fingerprint density at radius 3 is 2.62 bits per heavy atom. The predicted molar refractivity (Wildman–Crippen MR) is 62.6 cm³/mol. The predicted octanol–water partition coefficient (Wildman–Crippen LogP) is 1.42. The topological polar surface area (TPSA) is 49.8 Å². The first kappa shape index (κ1) is 12.5. The van der Waals surface area contributed by atoms with Crippen molar-refractivity contribution in [2.24, 2.45) is 0 Å². The summed E-state index contributed by atoms with van der Waals surface area (Å²) in [6, 6.07) is 5.79. The van der Waals surface area contributed by atoms with E-state index in [0.29, 0.717) is 12.2 Å². The molecule has 0 amide bonds. The normalized spacial score (nSPS) is 12.4. The summed E-state index contributed by atoms with van der Waals surface area (Å²) in [5.74, 6) is -0.210. The molecule has 16 heavy (non-hydrogen) atoms. The van der Waals surface area contributed by atoms with Gasteiger partial charge in [-0.2, -0.15) is 0 Å². The van der Waals surface area contributed by atoms with Crippen molar-refractivity contribution in [3.63, 3.8) is 0 Å². The number of aliphatic hydroxyl groups is 1. The Balaban J connectivity index is 0.000000386. The number of aliphatic hydroxyl groups excluding tert-OH is 1. The van der Waals surface area contributed by atoms with Crippen molar-refractivity contribution in [1.29, 1.82) is 0 Å². The lowest BCUT2D eigenvalue weighted by Crippen LogP contribution is -2.09. The highest BCUT2D eigenvalue weighted by atomic mass is 16.5. The quantitative estimate of drug-likeness (QED) is 0.731. The van der Waals surface area contributed by atoms with Gasteiger partial charge < -0.3 is 14.7 Å². The molecule has 4 heteroatoms. The second kappa shape index (κ2) is 5.51. The van der Waals surface area contributed by atoms with Crippen molar-refractivity contribution >= 4 is 11.7 Å². The fraction of sp³-hybridized carbons (Fsp3) is 0.417. The van der Waals surface area contributed by atoms with Crippen molar-refractivity contribution in [2.75, 3.05) is 25.6 Å². The smallest absolute Gasteiger partial charge is 0.338 e. The Kier molecular flexibility index (Phi) is 4.31. The first-order valence-electron chi connectivity index (χ1n) is 5.18. The van der Waals surface area contributed by atoms with Gasteiger partial charge in [0, 0.05) is 32.0 Å². The molecule has 0 atom stereocenters. The molecule has 0 fully saturated rings. The Morgan fingerprint density at radius 1 is 1.44 bits per heavy atom. The molecule has 88 valence electrons. The summed E-state index contributed by atoms with van der Waals surface area (Å²) in [5, 5.41) is 7.57. The van der Waals surface area contributed by atoms with Crippen LogP contribution in [-0.4, -0.2) is 31.8 Å². The number of carbonyl (C=O) groups is 1.